The van der Waals surface area contributed by atoms with Crippen LogP contribution in [0.5, 0.6) is 11.5 Å². The standard InChI is InChI=1S/C20H24Cl2N2O2/c1-25-16-8-4-9-17(26-2)18(16)20(24-12-5-10-23-11-13-24)14-6-3-7-15(21)19(14)22/h3-4,6-9,20,23H,5,10-13H2,1-2H3. The van der Waals surface area contributed by atoms with Gasteiger partial charge in [0, 0.05) is 19.6 Å². The molecule has 0 aliphatic carbocycles. The quantitative estimate of drug-likeness (QED) is 0.814. The summed E-state index contributed by atoms with van der Waals surface area (Å²) in [4.78, 5) is 2.41. The van der Waals surface area contributed by atoms with Crippen LogP contribution in [0.2, 0.25) is 10.0 Å². The molecular weight excluding hydrogens is 371 g/mol. The van der Waals surface area contributed by atoms with Crippen molar-refractivity contribution in [3.63, 3.8) is 0 Å². The number of ether oxygens (including phenoxy) is 2. The summed E-state index contributed by atoms with van der Waals surface area (Å²) in [6, 6.07) is 11.5. The van der Waals surface area contributed by atoms with Crippen molar-refractivity contribution in [3.05, 3.63) is 57.6 Å². The third-order valence-corrected chi connectivity index (χ3v) is 5.59. The van der Waals surface area contributed by atoms with Gasteiger partial charge in [-0.15, -0.1) is 0 Å². The average molecular weight is 395 g/mol. The van der Waals surface area contributed by atoms with Crippen molar-refractivity contribution in [2.24, 2.45) is 0 Å². The van der Waals surface area contributed by atoms with Crippen LogP contribution in [-0.4, -0.2) is 45.3 Å². The van der Waals surface area contributed by atoms with Crippen molar-refractivity contribution >= 4 is 23.2 Å². The molecule has 3 rings (SSSR count). The molecule has 0 radical (unpaired) electrons. The zero-order valence-electron chi connectivity index (χ0n) is 15.1. The summed E-state index contributed by atoms with van der Waals surface area (Å²) in [6.07, 6.45) is 1.06. The van der Waals surface area contributed by atoms with E-state index in [0.29, 0.717) is 10.0 Å². The Kier molecular flexibility index (Phi) is 6.65. The maximum Gasteiger partial charge on any atom is 0.127 e. The van der Waals surface area contributed by atoms with Crippen molar-refractivity contribution in [1.29, 1.82) is 0 Å². The van der Waals surface area contributed by atoms with E-state index in [1.54, 1.807) is 14.2 Å². The van der Waals surface area contributed by atoms with Gasteiger partial charge in [0.05, 0.1) is 35.9 Å². The lowest BCUT2D eigenvalue weighted by molar-refractivity contribution is 0.231. The Bertz CT molecular complexity index is 724. The van der Waals surface area contributed by atoms with Gasteiger partial charge >= 0.3 is 0 Å². The summed E-state index contributed by atoms with van der Waals surface area (Å²) in [6.45, 7) is 3.78. The summed E-state index contributed by atoms with van der Waals surface area (Å²) in [5.41, 5.74) is 1.94. The molecule has 2 aromatic carbocycles. The lowest BCUT2D eigenvalue weighted by Crippen LogP contribution is -2.33. The van der Waals surface area contributed by atoms with E-state index in [2.05, 4.69) is 10.2 Å². The number of methoxy groups -OCH3 is 2. The first-order chi connectivity index (χ1) is 12.7. The number of hydrogen-bond donors (Lipinski definition) is 1. The molecule has 6 heteroatoms. The van der Waals surface area contributed by atoms with Gasteiger partial charge < -0.3 is 14.8 Å². The zero-order chi connectivity index (χ0) is 18.5. The van der Waals surface area contributed by atoms with Crippen LogP contribution in [0.4, 0.5) is 0 Å². The van der Waals surface area contributed by atoms with Crippen LogP contribution in [0, 0.1) is 0 Å². The Hall–Kier alpha value is -1.46. The molecule has 1 unspecified atom stereocenters. The first-order valence-corrected chi connectivity index (χ1v) is 9.52. The van der Waals surface area contributed by atoms with Crippen molar-refractivity contribution in [2.75, 3.05) is 40.4 Å². The Labute approximate surface area is 165 Å². The van der Waals surface area contributed by atoms with Crippen LogP contribution in [0.3, 0.4) is 0 Å². The van der Waals surface area contributed by atoms with Crippen molar-refractivity contribution < 1.29 is 9.47 Å². The highest BCUT2D eigenvalue weighted by molar-refractivity contribution is 6.42. The third kappa shape index (κ3) is 3.94. The second-order valence-corrected chi connectivity index (χ2v) is 7.05. The van der Waals surface area contributed by atoms with E-state index in [9.17, 15) is 0 Å². The topological polar surface area (TPSA) is 33.7 Å². The van der Waals surface area contributed by atoms with E-state index in [1.165, 1.54) is 0 Å². The molecule has 1 fully saturated rings. The number of benzene rings is 2. The van der Waals surface area contributed by atoms with Crippen molar-refractivity contribution in [2.45, 2.75) is 12.5 Å². The minimum Gasteiger partial charge on any atom is -0.496 e. The van der Waals surface area contributed by atoms with Crippen LogP contribution in [-0.2, 0) is 0 Å². The molecule has 4 nitrogen and oxygen atoms in total. The first-order valence-electron chi connectivity index (χ1n) is 8.77. The molecule has 1 aliphatic heterocycles. The summed E-state index contributed by atoms with van der Waals surface area (Å²) >= 11 is 13.0. The molecule has 0 bridgehead atoms. The van der Waals surface area contributed by atoms with E-state index in [-0.39, 0.29) is 6.04 Å². The summed E-state index contributed by atoms with van der Waals surface area (Å²) in [5, 5.41) is 4.58. The predicted octanol–water partition coefficient (Wildman–Crippen LogP) is 4.40. The van der Waals surface area contributed by atoms with Gasteiger partial charge in [0.1, 0.15) is 11.5 Å². The highest BCUT2D eigenvalue weighted by Gasteiger charge is 2.30. The highest BCUT2D eigenvalue weighted by atomic mass is 35.5. The predicted molar refractivity (Wildman–Crippen MR) is 107 cm³/mol. The van der Waals surface area contributed by atoms with Crippen LogP contribution in [0.15, 0.2) is 36.4 Å². The number of nitrogens with one attached hydrogen (secondary N) is 1. The minimum absolute atomic E-state index is 0.104. The van der Waals surface area contributed by atoms with E-state index in [1.807, 2.05) is 36.4 Å². The second-order valence-electron chi connectivity index (χ2n) is 6.26. The van der Waals surface area contributed by atoms with Gasteiger partial charge in [-0.05, 0) is 36.7 Å². The van der Waals surface area contributed by atoms with Gasteiger partial charge in [-0.3, -0.25) is 4.90 Å². The van der Waals surface area contributed by atoms with Crippen LogP contribution < -0.4 is 14.8 Å². The molecule has 2 aromatic rings. The Morgan fingerprint density at radius 3 is 2.35 bits per heavy atom. The fraction of sp³-hybridized carbons (Fsp3) is 0.400. The lowest BCUT2D eigenvalue weighted by Gasteiger charge is -2.33. The van der Waals surface area contributed by atoms with Crippen molar-refractivity contribution in [1.82, 2.24) is 10.2 Å². The van der Waals surface area contributed by atoms with E-state index in [0.717, 1.165) is 55.2 Å². The Morgan fingerprint density at radius 2 is 1.65 bits per heavy atom. The molecule has 140 valence electrons. The minimum atomic E-state index is -0.104. The van der Waals surface area contributed by atoms with Gasteiger partial charge in [0.15, 0.2) is 0 Å². The molecule has 0 spiro atoms. The third-order valence-electron chi connectivity index (χ3n) is 4.76. The van der Waals surface area contributed by atoms with Gasteiger partial charge in [-0.2, -0.15) is 0 Å². The molecule has 0 amide bonds. The normalized spacial score (nSPS) is 16.8. The van der Waals surface area contributed by atoms with E-state index >= 15 is 0 Å². The Balaban J connectivity index is 2.20. The molecular formula is C20H24Cl2N2O2. The second kappa shape index (κ2) is 8.96. The van der Waals surface area contributed by atoms with E-state index < -0.39 is 0 Å². The maximum absolute atomic E-state index is 6.63. The van der Waals surface area contributed by atoms with Crippen LogP contribution in [0.1, 0.15) is 23.6 Å². The maximum atomic E-state index is 6.63. The van der Waals surface area contributed by atoms with Gasteiger partial charge in [0.2, 0.25) is 0 Å². The van der Waals surface area contributed by atoms with Crippen LogP contribution >= 0.6 is 23.2 Å². The largest absolute Gasteiger partial charge is 0.496 e. The molecule has 1 aliphatic rings. The highest BCUT2D eigenvalue weighted by Crippen LogP contribution is 2.44. The molecule has 26 heavy (non-hydrogen) atoms. The molecule has 1 N–H and O–H groups in total. The SMILES string of the molecule is COc1cccc(OC)c1C(c1cccc(Cl)c1Cl)N1CCCNCC1. The summed E-state index contributed by atoms with van der Waals surface area (Å²) < 4.78 is 11.4. The van der Waals surface area contributed by atoms with Gasteiger partial charge in [-0.1, -0.05) is 41.4 Å². The van der Waals surface area contributed by atoms with Crippen molar-refractivity contribution in [3.8, 4) is 11.5 Å². The molecule has 0 aromatic heterocycles. The Morgan fingerprint density at radius 1 is 0.962 bits per heavy atom. The number of nitrogens with zero attached hydrogens (tertiary/aromatic N) is 1. The number of hydrogen-bond acceptors (Lipinski definition) is 4. The van der Waals surface area contributed by atoms with Crippen LogP contribution in [0.25, 0.3) is 0 Å². The smallest absolute Gasteiger partial charge is 0.127 e. The summed E-state index contributed by atoms with van der Waals surface area (Å²) in [5.74, 6) is 1.56. The molecule has 0 saturated carbocycles. The molecule has 1 atom stereocenters. The summed E-state index contributed by atoms with van der Waals surface area (Å²) in [7, 11) is 3.36. The van der Waals surface area contributed by atoms with Gasteiger partial charge in [-0.25, -0.2) is 0 Å². The van der Waals surface area contributed by atoms with Gasteiger partial charge in [0.25, 0.3) is 0 Å². The fourth-order valence-corrected chi connectivity index (χ4v) is 3.95. The van der Waals surface area contributed by atoms with E-state index in [4.69, 9.17) is 32.7 Å². The molecule has 1 heterocycles. The lowest BCUT2D eigenvalue weighted by atomic mass is 9.94. The average Bonchev–Trinajstić information content (AvgIpc) is 2.94. The monoisotopic (exact) mass is 394 g/mol. The fourth-order valence-electron chi connectivity index (χ4n) is 3.54. The first kappa shape index (κ1) is 19.3. The number of rotatable bonds is 5. The number of halogens is 2. The molecule has 1 saturated heterocycles. The zero-order valence-corrected chi connectivity index (χ0v) is 16.6.